The number of carbonyl (C=O) groups is 1. The second-order valence-electron chi connectivity index (χ2n) is 5.99. The minimum absolute atomic E-state index is 0.0670. The normalized spacial score (nSPS) is 26.2. The Balaban J connectivity index is 1.64. The molecular weight excluding hydrogens is 272 g/mol. The highest BCUT2D eigenvalue weighted by Crippen LogP contribution is 2.31. The van der Waals surface area contributed by atoms with E-state index in [1.54, 1.807) is 0 Å². The monoisotopic (exact) mass is 294 g/mol. The van der Waals surface area contributed by atoms with E-state index in [0.717, 1.165) is 11.6 Å². The first-order valence-electron chi connectivity index (χ1n) is 7.47. The number of nitrogen functional groups attached to an aromatic ring is 1. The maximum Gasteiger partial charge on any atom is 0.265 e. The number of amides is 1. The Kier molecular flexibility index (Phi) is 3.83. The first kappa shape index (κ1) is 13.7. The van der Waals surface area contributed by atoms with Crippen molar-refractivity contribution in [2.45, 2.75) is 57.5 Å². The summed E-state index contributed by atoms with van der Waals surface area (Å²) in [6.07, 6.45) is 7.09. The summed E-state index contributed by atoms with van der Waals surface area (Å²) in [5.74, 6) is 0.826. The fraction of sp³-hybridized carbons (Fsp3) is 0.714. The first-order chi connectivity index (χ1) is 9.63. The van der Waals surface area contributed by atoms with Crippen molar-refractivity contribution >= 4 is 28.2 Å². The highest BCUT2D eigenvalue weighted by molar-refractivity contribution is 7.18. The highest BCUT2D eigenvalue weighted by atomic mass is 32.1. The Morgan fingerprint density at radius 3 is 2.75 bits per heavy atom. The molecule has 3 rings (SSSR count). The van der Waals surface area contributed by atoms with Crippen LogP contribution in [0.25, 0.3) is 0 Å². The number of anilines is 2. The van der Waals surface area contributed by atoms with Gasteiger partial charge in [-0.2, -0.15) is 0 Å². The van der Waals surface area contributed by atoms with Gasteiger partial charge in [0.25, 0.3) is 5.91 Å². The van der Waals surface area contributed by atoms with Gasteiger partial charge in [0, 0.05) is 12.1 Å². The van der Waals surface area contributed by atoms with E-state index in [9.17, 15) is 4.79 Å². The third-order valence-electron chi connectivity index (χ3n) is 4.19. The average molecular weight is 294 g/mol. The van der Waals surface area contributed by atoms with Gasteiger partial charge in [0.1, 0.15) is 10.7 Å². The molecule has 5 nitrogen and oxygen atoms in total. The number of hydrogen-bond donors (Lipinski definition) is 3. The third kappa shape index (κ3) is 3.06. The van der Waals surface area contributed by atoms with E-state index in [4.69, 9.17) is 5.73 Å². The van der Waals surface area contributed by atoms with Gasteiger partial charge in [0.2, 0.25) is 0 Å². The molecule has 2 aliphatic rings. The summed E-state index contributed by atoms with van der Waals surface area (Å²) in [6, 6.07) is 0.799. The van der Waals surface area contributed by atoms with Crippen LogP contribution in [0.2, 0.25) is 0 Å². The van der Waals surface area contributed by atoms with Crippen LogP contribution in [0, 0.1) is 5.92 Å². The van der Waals surface area contributed by atoms with Gasteiger partial charge in [-0.1, -0.05) is 31.1 Å². The fourth-order valence-corrected chi connectivity index (χ4v) is 3.59. The molecule has 1 amide bonds. The predicted molar refractivity (Wildman–Crippen MR) is 82.1 cm³/mol. The Morgan fingerprint density at radius 2 is 2.05 bits per heavy atom. The summed E-state index contributed by atoms with van der Waals surface area (Å²) >= 11 is 1.37. The molecule has 1 aromatic heterocycles. The van der Waals surface area contributed by atoms with Crippen LogP contribution < -0.4 is 16.4 Å². The maximum absolute atomic E-state index is 12.3. The van der Waals surface area contributed by atoms with E-state index in [1.165, 1.54) is 43.4 Å². The van der Waals surface area contributed by atoms with Gasteiger partial charge in [0.15, 0.2) is 5.13 Å². The maximum atomic E-state index is 12.3. The number of hydrogen-bond acceptors (Lipinski definition) is 5. The summed E-state index contributed by atoms with van der Waals surface area (Å²) < 4.78 is 0. The Hall–Kier alpha value is -1.30. The Bertz CT molecular complexity index is 497. The zero-order valence-corrected chi connectivity index (χ0v) is 12.6. The van der Waals surface area contributed by atoms with Crippen molar-refractivity contribution < 1.29 is 4.79 Å². The molecule has 20 heavy (non-hydrogen) atoms. The molecule has 2 aliphatic carbocycles. The van der Waals surface area contributed by atoms with Crippen LogP contribution in [0.15, 0.2) is 0 Å². The Morgan fingerprint density at radius 1 is 1.30 bits per heavy atom. The molecule has 2 fully saturated rings. The molecule has 0 spiro atoms. The topological polar surface area (TPSA) is 80.0 Å². The number of rotatable bonds is 4. The van der Waals surface area contributed by atoms with Crippen LogP contribution >= 0.6 is 11.3 Å². The smallest absolute Gasteiger partial charge is 0.265 e. The first-order valence-corrected chi connectivity index (χ1v) is 8.29. The lowest BCUT2D eigenvalue weighted by Crippen LogP contribution is -2.40. The average Bonchev–Trinajstić information content (AvgIpc) is 3.14. The van der Waals surface area contributed by atoms with Gasteiger partial charge in [0.05, 0.1) is 0 Å². The number of thiazole rings is 1. The lowest BCUT2D eigenvalue weighted by molar-refractivity contribution is 0.0915. The molecule has 0 bridgehead atoms. The number of aromatic nitrogens is 1. The molecule has 2 saturated carbocycles. The number of nitrogens with one attached hydrogen (secondary N) is 2. The molecular formula is C14H22N4OS. The minimum atomic E-state index is -0.0670. The van der Waals surface area contributed by atoms with Crippen molar-refractivity contribution in [3.05, 3.63) is 4.88 Å². The second-order valence-corrected chi connectivity index (χ2v) is 6.99. The quantitative estimate of drug-likeness (QED) is 0.797. The molecule has 1 aromatic rings. The van der Waals surface area contributed by atoms with E-state index >= 15 is 0 Å². The van der Waals surface area contributed by atoms with Gasteiger partial charge >= 0.3 is 0 Å². The van der Waals surface area contributed by atoms with Crippen molar-refractivity contribution in [3.63, 3.8) is 0 Å². The summed E-state index contributed by atoms with van der Waals surface area (Å²) in [5, 5.41) is 7.19. The fourth-order valence-electron chi connectivity index (χ4n) is 2.72. The number of nitrogens with zero attached hydrogens (tertiary/aromatic N) is 1. The zero-order chi connectivity index (χ0) is 14.1. The summed E-state index contributed by atoms with van der Waals surface area (Å²) in [6.45, 7) is 2.21. The van der Waals surface area contributed by atoms with Gasteiger partial charge in [-0.25, -0.2) is 4.98 Å². The van der Waals surface area contributed by atoms with Gasteiger partial charge in [-0.15, -0.1) is 0 Å². The van der Waals surface area contributed by atoms with Crippen LogP contribution in [0.4, 0.5) is 10.9 Å². The van der Waals surface area contributed by atoms with Crippen LogP contribution in [-0.4, -0.2) is 23.0 Å². The van der Waals surface area contributed by atoms with E-state index in [-0.39, 0.29) is 11.9 Å². The van der Waals surface area contributed by atoms with E-state index in [0.29, 0.717) is 22.7 Å². The van der Waals surface area contributed by atoms with Crippen LogP contribution in [-0.2, 0) is 0 Å². The van der Waals surface area contributed by atoms with Crippen molar-refractivity contribution in [2.24, 2.45) is 5.92 Å². The SMILES string of the molecule is CC1CCCCC1NC(=O)c1sc(NC2CC2)nc1N. The van der Waals surface area contributed by atoms with Crippen LogP contribution in [0.5, 0.6) is 0 Å². The number of nitrogens with two attached hydrogens (primary N) is 1. The van der Waals surface area contributed by atoms with Crippen LogP contribution in [0.3, 0.4) is 0 Å². The predicted octanol–water partition coefficient (Wildman–Crippen LogP) is 2.61. The van der Waals surface area contributed by atoms with Crippen molar-refractivity contribution in [1.29, 1.82) is 0 Å². The molecule has 6 heteroatoms. The summed E-state index contributed by atoms with van der Waals surface area (Å²) in [7, 11) is 0. The van der Waals surface area contributed by atoms with Crippen molar-refractivity contribution in [1.82, 2.24) is 10.3 Å². The lowest BCUT2D eigenvalue weighted by Gasteiger charge is -2.29. The van der Waals surface area contributed by atoms with E-state index in [1.807, 2.05) is 0 Å². The molecule has 2 unspecified atom stereocenters. The van der Waals surface area contributed by atoms with Crippen LogP contribution in [0.1, 0.15) is 55.1 Å². The number of carbonyl (C=O) groups excluding carboxylic acids is 1. The minimum Gasteiger partial charge on any atom is -0.382 e. The molecule has 110 valence electrons. The van der Waals surface area contributed by atoms with E-state index in [2.05, 4.69) is 22.5 Å². The largest absolute Gasteiger partial charge is 0.382 e. The molecule has 4 N–H and O–H groups in total. The standard InChI is InChI=1S/C14H22N4OS/c1-8-4-2-3-5-10(8)17-13(19)11-12(15)18-14(20-11)16-9-6-7-9/h8-10H,2-7,15H2,1H3,(H,16,18)(H,17,19). The zero-order valence-electron chi connectivity index (χ0n) is 11.8. The summed E-state index contributed by atoms with van der Waals surface area (Å²) in [5.41, 5.74) is 5.88. The highest BCUT2D eigenvalue weighted by Gasteiger charge is 2.27. The van der Waals surface area contributed by atoms with Gasteiger partial charge in [-0.3, -0.25) is 4.79 Å². The van der Waals surface area contributed by atoms with Crippen molar-refractivity contribution in [3.8, 4) is 0 Å². The van der Waals surface area contributed by atoms with Crippen molar-refractivity contribution in [2.75, 3.05) is 11.1 Å². The molecule has 0 aromatic carbocycles. The van der Waals surface area contributed by atoms with Gasteiger partial charge < -0.3 is 16.4 Å². The summed E-state index contributed by atoms with van der Waals surface area (Å²) in [4.78, 5) is 17.1. The Labute approximate surface area is 123 Å². The molecule has 1 heterocycles. The molecule has 0 radical (unpaired) electrons. The molecule has 0 saturated heterocycles. The second kappa shape index (κ2) is 5.60. The molecule has 0 aliphatic heterocycles. The third-order valence-corrected chi connectivity index (χ3v) is 5.19. The molecule has 2 atom stereocenters. The van der Waals surface area contributed by atoms with E-state index < -0.39 is 0 Å². The lowest BCUT2D eigenvalue weighted by atomic mass is 9.86. The van der Waals surface area contributed by atoms with Gasteiger partial charge in [-0.05, 0) is 31.6 Å².